The maximum Gasteiger partial charge on any atom is 0.338 e. The smallest absolute Gasteiger partial charge is 0.338 e. The van der Waals surface area contributed by atoms with Crippen molar-refractivity contribution in [2.75, 3.05) is 23.0 Å². The molecule has 3 amide bonds. The van der Waals surface area contributed by atoms with Crippen molar-refractivity contribution in [2.24, 2.45) is 0 Å². The van der Waals surface area contributed by atoms with Crippen LogP contribution in [0, 0.1) is 0 Å². The number of ether oxygens (including phenoxy) is 2. The summed E-state index contributed by atoms with van der Waals surface area (Å²) >= 11 is 1.33. The average Bonchev–Trinajstić information content (AvgIpc) is 3.18. The van der Waals surface area contributed by atoms with E-state index in [0.29, 0.717) is 47.0 Å². The molecule has 264 valence electrons. The lowest BCUT2D eigenvalue weighted by molar-refractivity contribution is -0.114. The number of nitrogens with one attached hydrogen (secondary N) is 3. The van der Waals surface area contributed by atoms with Crippen LogP contribution in [0.4, 0.5) is 11.4 Å². The number of thioether (sulfide) groups is 1. The molecule has 5 rings (SSSR count). The molecule has 9 nitrogen and oxygen atoms in total. The van der Waals surface area contributed by atoms with Gasteiger partial charge in [0.2, 0.25) is 5.91 Å². The van der Waals surface area contributed by atoms with E-state index in [-0.39, 0.29) is 23.3 Å². The van der Waals surface area contributed by atoms with Gasteiger partial charge in [-0.3, -0.25) is 14.4 Å². The van der Waals surface area contributed by atoms with Crippen molar-refractivity contribution in [1.29, 1.82) is 0 Å². The third-order valence-electron chi connectivity index (χ3n) is 7.59. The van der Waals surface area contributed by atoms with Gasteiger partial charge < -0.3 is 25.4 Å². The number of hydrogen-bond donors (Lipinski definition) is 3. The fourth-order valence-corrected chi connectivity index (χ4v) is 5.47. The van der Waals surface area contributed by atoms with Crippen molar-refractivity contribution >= 4 is 52.9 Å². The van der Waals surface area contributed by atoms with Crippen LogP contribution in [0.5, 0.6) is 5.75 Å². The normalized spacial score (nSPS) is 10.9. The van der Waals surface area contributed by atoms with Gasteiger partial charge in [0.15, 0.2) is 0 Å². The quantitative estimate of drug-likeness (QED) is 0.0407. The van der Waals surface area contributed by atoms with Crippen molar-refractivity contribution < 1.29 is 28.7 Å². The van der Waals surface area contributed by atoms with Gasteiger partial charge in [-0.15, -0.1) is 11.8 Å². The molecule has 0 radical (unpaired) electrons. The summed E-state index contributed by atoms with van der Waals surface area (Å²) in [4.78, 5) is 52.1. The molecule has 0 saturated carbocycles. The van der Waals surface area contributed by atoms with Crippen molar-refractivity contribution in [3.63, 3.8) is 0 Å². The number of benzene rings is 5. The molecule has 0 aromatic heterocycles. The second-order valence-corrected chi connectivity index (χ2v) is 12.7. The van der Waals surface area contributed by atoms with Crippen LogP contribution in [0.1, 0.15) is 51.6 Å². The van der Waals surface area contributed by atoms with E-state index in [1.807, 2.05) is 67.6 Å². The zero-order valence-corrected chi connectivity index (χ0v) is 29.5. The molecule has 0 saturated heterocycles. The maximum absolute atomic E-state index is 13.5. The first kappa shape index (κ1) is 37.1. The fraction of sp³-hybridized carbons (Fsp3) is 0.143. The molecule has 0 heterocycles. The van der Waals surface area contributed by atoms with Crippen molar-refractivity contribution in [3.8, 4) is 5.75 Å². The molecular formula is C42H39N3O6S. The molecular weight excluding hydrogens is 675 g/mol. The summed E-state index contributed by atoms with van der Waals surface area (Å²) in [5, 5.41) is 8.43. The van der Waals surface area contributed by atoms with Gasteiger partial charge in [-0.2, -0.15) is 0 Å². The third kappa shape index (κ3) is 11.7. The van der Waals surface area contributed by atoms with E-state index in [0.717, 1.165) is 23.3 Å². The van der Waals surface area contributed by atoms with Crippen LogP contribution >= 0.6 is 11.8 Å². The monoisotopic (exact) mass is 713 g/mol. The number of carbonyl (C=O) groups excluding carboxylic acids is 4. The maximum atomic E-state index is 13.5. The zero-order valence-electron chi connectivity index (χ0n) is 28.7. The van der Waals surface area contributed by atoms with Gasteiger partial charge in [-0.25, -0.2) is 4.79 Å². The summed E-state index contributed by atoms with van der Waals surface area (Å²) in [5.41, 5.74) is 3.72. The molecule has 5 aromatic carbocycles. The second-order valence-electron chi connectivity index (χ2n) is 11.6. The van der Waals surface area contributed by atoms with Crippen LogP contribution in [0.15, 0.2) is 144 Å². The molecule has 3 N–H and O–H groups in total. The first-order chi connectivity index (χ1) is 25.4. The average molecular weight is 714 g/mol. The summed E-state index contributed by atoms with van der Waals surface area (Å²) < 4.78 is 11.1. The van der Waals surface area contributed by atoms with Crippen molar-refractivity contribution in [2.45, 2.75) is 31.3 Å². The minimum absolute atomic E-state index is 0.0587. The number of hydrogen-bond acceptors (Lipinski definition) is 7. The minimum Gasteiger partial charge on any atom is -0.489 e. The van der Waals surface area contributed by atoms with Gasteiger partial charge in [0.1, 0.15) is 18.1 Å². The van der Waals surface area contributed by atoms with Gasteiger partial charge >= 0.3 is 5.97 Å². The molecule has 0 aliphatic rings. The first-order valence-electron chi connectivity index (χ1n) is 16.8. The molecule has 0 spiro atoms. The Morgan fingerprint density at radius 2 is 1.33 bits per heavy atom. The highest BCUT2D eigenvalue weighted by atomic mass is 32.2. The van der Waals surface area contributed by atoms with E-state index in [1.54, 1.807) is 78.9 Å². The SMILES string of the molecule is CCCCOC(=O)c1ccc(NC(=O)CSc2ccc(NC(=O)/C(=C/c3ccc(OCc4ccccc4)cc3)NC(=O)c3ccccc3)cc2)cc1. The topological polar surface area (TPSA) is 123 Å². The van der Waals surface area contributed by atoms with Crippen LogP contribution in [0.25, 0.3) is 6.08 Å². The standard InChI is InChI=1S/C42H39N3O6S/c1-2-3-26-50-42(49)33-16-18-34(19-17-33)43-39(46)29-52-37-24-20-35(21-25-37)44-41(48)38(45-40(47)32-12-8-5-9-13-32)27-30-14-22-36(23-15-30)51-28-31-10-6-4-7-11-31/h4-25,27H,2-3,26,28-29H2,1H3,(H,43,46)(H,44,48)(H,45,47)/b38-27-. The third-order valence-corrected chi connectivity index (χ3v) is 8.60. The Kier molecular flexibility index (Phi) is 13.8. The Morgan fingerprint density at radius 1 is 0.692 bits per heavy atom. The molecule has 0 aliphatic carbocycles. The summed E-state index contributed by atoms with van der Waals surface area (Å²) in [7, 11) is 0. The van der Waals surface area contributed by atoms with Gasteiger partial charge in [0.05, 0.1) is 17.9 Å². The lowest BCUT2D eigenvalue weighted by Gasteiger charge is -2.12. The van der Waals surface area contributed by atoms with Crippen LogP contribution in [-0.4, -0.2) is 36.1 Å². The van der Waals surface area contributed by atoms with Gasteiger partial charge in [-0.1, -0.05) is 74.0 Å². The molecule has 0 aliphatic heterocycles. The molecule has 0 bridgehead atoms. The highest BCUT2D eigenvalue weighted by molar-refractivity contribution is 8.00. The Bertz CT molecular complexity index is 1970. The Labute approximate surface area is 307 Å². The number of anilines is 2. The van der Waals surface area contributed by atoms with E-state index in [1.165, 1.54) is 11.8 Å². The number of unbranched alkanes of at least 4 members (excludes halogenated alkanes) is 1. The zero-order chi connectivity index (χ0) is 36.5. The highest BCUT2D eigenvalue weighted by Gasteiger charge is 2.16. The molecule has 0 fully saturated rings. The lowest BCUT2D eigenvalue weighted by atomic mass is 10.1. The molecule has 5 aromatic rings. The first-order valence-corrected chi connectivity index (χ1v) is 17.8. The number of carbonyl (C=O) groups is 4. The van der Waals surface area contributed by atoms with E-state index in [2.05, 4.69) is 16.0 Å². The predicted octanol–water partition coefficient (Wildman–Crippen LogP) is 8.36. The summed E-state index contributed by atoms with van der Waals surface area (Å²) in [6.07, 6.45) is 3.35. The van der Waals surface area contributed by atoms with Crippen LogP contribution in [0.2, 0.25) is 0 Å². The molecule has 52 heavy (non-hydrogen) atoms. The van der Waals surface area contributed by atoms with Crippen LogP contribution in [-0.2, 0) is 20.9 Å². The summed E-state index contributed by atoms with van der Waals surface area (Å²) in [6.45, 7) is 2.83. The van der Waals surface area contributed by atoms with E-state index in [9.17, 15) is 19.2 Å². The summed E-state index contributed by atoms with van der Waals surface area (Å²) in [5.74, 6) is -0.696. The fourth-order valence-electron chi connectivity index (χ4n) is 4.77. The van der Waals surface area contributed by atoms with Gasteiger partial charge in [-0.05, 0) is 96.4 Å². The summed E-state index contributed by atoms with van der Waals surface area (Å²) in [6, 6.07) is 39.4. The number of rotatable bonds is 16. The van der Waals surface area contributed by atoms with E-state index < -0.39 is 11.8 Å². The van der Waals surface area contributed by atoms with E-state index >= 15 is 0 Å². The largest absolute Gasteiger partial charge is 0.489 e. The number of amides is 3. The van der Waals surface area contributed by atoms with Gasteiger partial charge in [0, 0.05) is 21.8 Å². The minimum atomic E-state index is -0.506. The van der Waals surface area contributed by atoms with E-state index in [4.69, 9.17) is 9.47 Å². The van der Waals surface area contributed by atoms with Crippen molar-refractivity contribution in [1.82, 2.24) is 5.32 Å². The second kappa shape index (κ2) is 19.3. The Morgan fingerprint density at radius 3 is 2.00 bits per heavy atom. The Balaban J connectivity index is 1.17. The number of esters is 1. The van der Waals surface area contributed by atoms with Crippen LogP contribution < -0.4 is 20.7 Å². The Hall–Kier alpha value is -6.13. The van der Waals surface area contributed by atoms with Crippen LogP contribution in [0.3, 0.4) is 0 Å². The van der Waals surface area contributed by atoms with Gasteiger partial charge in [0.25, 0.3) is 11.8 Å². The molecule has 10 heteroatoms. The lowest BCUT2D eigenvalue weighted by Crippen LogP contribution is -2.30. The molecule has 0 unspecified atom stereocenters. The van der Waals surface area contributed by atoms with Crippen molar-refractivity contribution in [3.05, 3.63) is 161 Å². The predicted molar refractivity (Wildman–Crippen MR) is 205 cm³/mol. The molecule has 0 atom stereocenters. The highest BCUT2D eigenvalue weighted by Crippen LogP contribution is 2.22.